The third kappa shape index (κ3) is 3.21. The summed E-state index contributed by atoms with van der Waals surface area (Å²) in [5, 5.41) is 9.97. The Balaban J connectivity index is 0.00000162. The van der Waals surface area contributed by atoms with E-state index in [0.717, 1.165) is 22.5 Å². The fraction of sp³-hybridized carbons (Fsp3) is 0.133. The van der Waals surface area contributed by atoms with Gasteiger partial charge in [0.2, 0.25) is 0 Å². The topological polar surface area (TPSA) is 32.6 Å². The van der Waals surface area contributed by atoms with E-state index in [0.29, 0.717) is 5.75 Å². The van der Waals surface area contributed by atoms with Gasteiger partial charge in [0.25, 0.3) is 0 Å². The Morgan fingerprint density at radius 2 is 1.67 bits per heavy atom. The Labute approximate surface area is 118 Å². The van der Waals surface area contributed by atoms with E-state index in [1.54, 1.807) is 0 Å². The number of aromatic hydroxyl groups is 1. The van der Waals surface area contributed by atoms with Gasteiger partial charge in [0.15, 0.2) is 0 Å². The SMILES string of the molecule is CC(=Nc1ccccc1)c1cccc(C)c1O.[Co]. The molecule has 0 saturated heterocycles. The molecule has 0 aliphatic rings. The second-order valence-electron chi connectivity index (χ2n) is 4.00. The Hall–Kier alpha value is -1.58. The quantitative estimate of drug-likeness (QED) is 0.835. The van der Waals surface area contributed by atoms with Gasteiger partial charge in [0.05, 0.1) is 5.69 Å². The van der Waals surface area contributed by atoms with E-state index >= 15 is 0 Å². The second-order valence-corrected chi connectivity index (χ2v) is 4.00. The molecule has 0 fully saturated rings. The molecule has 1 N–H and O–H groups in total. The Morgan fingerprint density at radius 3 is 2.33 bits per heavy atom. The van der Waals surface area contributed by atoms with Crippen LogP contribution in [-0.2, 0) is 16.8 Å². The van der Waals surface area contributed by atoms with E-state index in [-0.39, 0.29) is 16.8 Å². The molecule has 0 saturated carbocycles. The molecule has 0 amide bonds. The fourth-order valence-corrected chi connectivity index (χ4v) is 1.71. The molecule has 0 unspecified atom stereocenters. The molecule has 1 radical (unpaired) electrons. The molecule has 0 aromatic heterocycles. The van der Waals surface area contributed by atoms with Gasteiger partial charge in [-0.2, -0.15) is 0 Å². The van der Waals surface area contributed by atoms with E-state index in [9.17, 15) is 5.11 Å². The number of aliphatic imine (C=N–C) groups is 1. The van der Waals surface area contributed by atoms with Crippen LogP contribution in [0.1, 0.15) is 18.1 Å². The summed E-state index contributed by atoms with van der Waals surface area (Å²) in [5.74, 6) is 0.310. The summed E-state index contributed by atoms with van der Waals surface area (Å²) in [6.07, 6.45) is 0. The maximum Gasteiger partial charge on any atom is 0.127 e. The molecule has 0 heterocycles. The van der Waals surface area contributed by atoms with Gasteiger partial charge in [-0.15, -0.1) is 0 Å². The van der Waals surface area contributed by atoms with Crippen LogP contribution >= 0.6 is 0 Å². The molecular weight excluding hydrogens is 269 g/mol. The van der Waals surface area contributed by atoms with E-state index in [4.69, 9.17) is 0 Å². The summed E-state index contributed by atoms with van der Waals surface area (Å²) in [7, 11) is 0. The van der Waals surface area contributed by atoms with Crippen molar-refractivity contribution in [2.45, 2.75) is 13.8 Å². The summed E-state index contributed by atoms with van der Waals surface area (Å²) >= 11 is 0. The second kappa shape index (κ2) is 6.38. The van der Waals surface area contributed by atoms with Gasteiger partial charge in [-0.3, -0.25) is 4.99 Å². The van der Waals surface area contributed by atoms with Gasteiger partial charge >= 0.3 is 0 Å². The maximum absolute atomic E-state index is 9.97. The smallest absolute Gasteiger partial charge is 0.127 e. The van der Waals surface area contributed by atoms with Crippen LogP contribution in [-0.4, -0.2) is 10.8 Å². The maximum atomic E-state index is 9.97. The predicted octanol–water partition coefficient (Wildman–Crippen LogP) is 3.84. The van der Waals surface area contributed by atoms with E-state index < -0.39 is 0 Å². The van der Waals surface area contributed by atoms with Crippen molar-refractivity contribution in [2.75, 3.05) is 0 Å². The van der Waals surface area contributed by atoms with Crippen molar-refractivity contribution in [3.63, 3.8) is 0 Å². The molecular formula is C15H15CoNO. The van der Waals surface area contributed by atoms with Crippen LogP contribution in [0.3, 0.4) is 0 Å². The van der Waals surface area contributed by atoms with Gasteiger partial charge in [-0.05, 0) is 37.6 Å². The molecule has 0 bridgehead atoms. The average Bonchev–Trinajstić information content (AvgIpc) is 2.34. The molecule has 0 aliphatic heterocycles. The molecule has 2 rings (SSSR count). The van der Waals surface area contributed by atoms with Crippen molar-refractivity contribution < 1.29 is 21.9 Å². The number of phenols is 1. The van der Waals surface area contributed by atoms with Crippen LogP contribution in [0.5, 0.6) is 5.75 Å². The molecule has 2 aromatic carbocycles. The monoisotopic (exact) mass is 284 g/mol. The third-order valence-electron chi connectivity index (χ3n) is 2.68. The van der Waals surface area contributed by atoms with Gasteiger partial charge in [-0.25, -0.2) is 0 Å². The number of hydrogen-bond acceptors (Lipinski definition) is 2. The molecule has 95 valence electrons. The van der Waals surface area contributed by atoms with Crippen LogP contribution < -0.4 is 0 Å². The van der Waals surface area contributed by atoms with Crippen molar-refractivity contribution in [2.24, 2.45) is 4.99 Å². The minimum Gasteiger partial charge on any atom is -0.507 e. The fourth-order valence-electron chi connectivity index (χ4n) is 1.71. The van der Waals surface area contributed by atoms with Crippen molar-refractivity contribution in [1.29, 1.82) is 0 Å². The largest absolute Gasteiger partial charge is 0.507 e. The molecule has 2 nitrogen and oxygen atoms in total. The zero-order valence-corrected chi connectivity index (χ0v) is 11.4. The third-order valence-corrected chi connectivity index (χ3v) is 2.68. The van der Waals surface area contributed by atoms with Gasteiger partial charge in [-0.1, -0.05) is 30.3 Å². The zero-order chi connectivity index (χ0) is 12.3. The van der Waals surface area contributed by atoms with E-state index in [1.807, 2.05) is 62.4 Å². The average molecular weight is 284 g/mol. The first-order chi connectivity index (χ1) is 8.18. The number of nitrogens with zero attached hydrogens (tertiary/aromatic N) is 1. The van der Waals surface area contributed by atoms with Crippen LogP contribution in [0, 0.1) is 6.92 Å². The van der Waals surface area contributed by atoms with Gasteiger partial charge < -0.3 is 5.11 Å². The molecule has 2 aromatic rings. The minimum atomic E-state index is 0. The summed E-state index contributed by atoms with van der Waals surface area (Å²) in [5.41, 5.74) is 3.36. The van der Waals surface area contributed by atoms with Crippen molar-refractivity contribution >= 4 is 11.4 Å². The molecule has 18 heavy (non-hydrogen) atoms. The number of phenolic OH excluding ortho intramolecular Hbond substituents is 1. The summed E-state index contributed by atoms with van der Waals surface area (Å²) in [6, 6.07) is 15.4. The van der Waals surface area contributed by atoms with Crippen molar-refractivity contribution in [3.8, 4) is 5.75 Å². The van der Waals surface area contributed by atoms with E-state index in [2.05, 4.69) is 4.99 Å². The first-order valence-electron chi connectivity index (χ1n) is 5.58. The summed E-state index contributed by atoms with van der Waals surface area (Å²) in [4.78, 5) is 4.49. The van der Waals surface area contributed by atoms with Crippen molar-refractivity contribution in [3.05, 3.63) is 59.7 Å². The number of aryl methyl sites for hydroxylation is 1. The number of hydrogen-bond donors (Lipinski definition) is 1. The van der Waals surface area contributed by atoms with E-state index in [1.165, 1.54) is 0 Å². The Kier molecular flexibility index (Phi) is 5.13. The molecule has 0 spiro atoms. The van der Waals surface area contributed by atoms with Crippen LogP contribution in [0.15, 0.2) is 53.5 Å². The first kappa shape index (κ1) is 14.5. The summed E-state index contributed by atoms with van der Waals surface area (Å²) < 4.78 is 0. The number of rotatable bonds is 2. The van der Waals surface area contributed by atoms with Crippen LogP contribution in [0.25, 0.3) is 0 Å². The normalized spacial score (nSPS) is 10.9. The first-order valence-corrected chi connectivity index (χ1v) is 5.58. The minimum absolute atomic E-state index is 0. The Bertz CT molecular complexity index is 550. The molecule has 0 aliphatic carbocycles. The Morgan fingerprint density at radius 1 is 1.00 bits per heavy atom. The van der Waals surface area contributed by atoms with Gasteiger partial charge in [0.1, 0.15) is 5.75 Å². The number of benzene rings is 2. The van der Waals surface area contributed by atoms with Crippen LogP contribution in [0.4, 0.5) is 5.69 Å². The van der Waals surface area contributed by atoms with Crippen molar-refractivity contribution in [1.82, 2.24) is 0 Å². The zero-order valence-electron chi connectivity index (χ0n) is 10.3. The standard InChI is InChI=1S/C15H15NO.Co/c1-11-7-6-10-14(15(11)17)12(2)16-13-8-4-3-5-9-13;/h3-10,17H,1-2H3;. The van der Waals surface area contributed by atoms with Gasteiger partial charge in [0, 0.05) is 28.1 Å². The summed E-state index contributed by atoms with van der Waals surface area (Å²) in [6.45, 7) is 3.79. The van der Waals surface area contributed by atoms with Crippen LogP contribution in [0.2, 0.25) is 0 Å². The number of para-hydroxylation sites is 2. The molecule has 0 atom stereocenters. The molecule has 3 heteroatoms. The predicted molar refractivity (Wildman–Crippen MR) is 71.2 cm³/mol.